The fraction of sp³-hybridized carbons (Fsp3) is 0.257. The number of carboxylic acids is 1. The number of imidazole rings is 1. The number of rotatable bonds is 9. The number of pyridine rings is 2. The van der Waals surface area contributed by atoms with E-state index in [9.17, 15) is 9.90 Å². The first-order chi connectivity index (χ1) is 23.1. The van der Waals surface area contributed by atoms with Crippen LogP contribution < -0.4 is 4.74 Å². The second kappa shape index (κ2) is 12.2. The van der Waals surface area contributed by atoms with E-state index in [0.29, 0.717) is 41.5 Å². The number of nitrogens with zero attached hydrogens (tertiary/aromatic N) is 7. The molecule has 11 nitrogen and oxygen atoms in total. The molecule has 0 saturated carbocycles. The number of carboxylic acid groups (broad SMARTS) is 1. The normalized spacial score (nSPS) is 15.6. The van der Waals surface area contributed by atoms with E-state index in [1.54, 1.807) is 54.5 Å². The summed E-state index contributed by atoms with van der Waals surface area (Å²) in [5.41, 5.74) is 3.39. The van der Waals surface area contributed by atoms with Gasteiger partial charge in [-0.15, -0.1) is 5.10 Å². The Morgan fingerprint density at radius 3 is 2.60 bits per heavy atom. The summed E-state index contributed by atoms with van der Waals surface area (Å²) in [5, 5.41) is 17.6. The van der Waals surface area contributed by atoms with E-state index >= 15 is 8.78 Å². The standard InChI is InChI=1S/C35H31F2N7O4/c1-35(2)19-47-18-31(35)44-30-12-21(34(45)46)8-10-28(30)39-32(44)13-22-11-25(37)23(14-24(22)36)26-5-4-6-33(40-26)48-17-20-7-9-27(38-15-20)29-16-43(3)42-41-29/h4-12,14-16,31H,13,17-19H2,1-3H3,(H,45,46)/t31-/m1/s1. The van der Waals surface area contributed by atoms with Crippen molar-refractivity contribution >= 4 is 17.0 Å². The van der Waals surface area contributed by atoms with Gasteiger partial charge in [-0.25, -0.2) is 23.5 Å². The molecule has 1 aliphatic rings. The van der Waals surface area contributed by atoms with E-state index in [4.69, 9.17) is 14.5 Å². The molecule has 6 aromatic rings. The van der Waals surface area contributed by atoms with Gasteiger partial charge in [-0.3, -0.25) is 9.67 Å². The third kappa shape index (κ3) is 5.99. The predicted octanol–water partition coefficient (Wildman–Crippen LogP) is 6.03. The summed E-state index contributed by atoms with van der Waals surface area (Å²) in [7, 11) is 1.78. The molecule has 0 radical (unpaired) electrons. The van der Waals surface area contributed by atoms with Gasteiger partial charge >= 0.3 is 5.97 Å². The zero-order chi connectivity index (χ0) is 33.6. The Balaban J connectivity index is 1.13. The number of hydrogen-bond acceptors (Lipinski definition) is 8. The Labute approximate surface area is 273 Å². The van der Waals surface area contributed by atoms with E-state index in [1.165, 1.54) is 6.07 Å². The quantitative estimate of drug-likeness (QED) is 0.199. The molecule has 2 aromatic carbocycles. The van der Waals surface area contributed by atoms with Crippen molar-refractivity contribution < 1.29 is 28.2 Å². The molecular formula is C35H31F2N7O4. The van der Waals surface area contributed by atoms with Gasteiger partial charge in [0.2, 0.25) is 5.88 Å². The van der Waals surface area contributed by atoms with Gasteiger partial charge in [0.15, 0.2) is 0 Å². The van der Waals surface area contributed by atoms with Crippen molar-refractivity contribution in [3.63, 3.8) is 0 Å². The van der Waals surface area contributed by atoms with Crippen LogP contribution in [0.2, 0.25) is 0 Å². The van der Waals surface area contributed by atoms with Gasteiger partial charge < -0.3 is 19.1 Å². The molecule has 244 valence electrons. The number of carbonyl (C=O) groups is 1. The molecule has 0 bridgehead atoms. The molecule has 13 heteroatoms. The summed E-state index contributed by atoms with van der Waals surface area (Å²) in [6.45, 7) is 5.14. The fourth-order valence-corrected chi connectivity index (χ4v) is 5.95. The summed E-state index contributed by atoms with van der Waals surface area (Å²) in [4.78, 5) is 25.3. The molecule has 1 saturated heterocycles. The van der Waals surface area contributed by atoms with Crippen LogP contribution in [-0.4, -0.2) is 58.8 Å². The van der Waals surface area contributed by atoms with Crippen molar-refractivity contribution in [1.82, 2.24) is 34.5 Å². The first kappa shape index (κ1) is 31.1. The summed E-state index contributed by atoms with van der Waals surface area (Å²) >= 11 is 0. The number of fused-ring (bicyclic) bond motifs is 1. The van der Waals surface area contributed by atoms with Crippen LogP contribution in [-0.2, 0) is 24.8 Å². The van der Waals surface area contributed by atoms with E-state index in [1.807, 2.05) is 16.7 Å². The van der Waals surface area contributed by atoms with Gasteiger partial charge in [0.1, 0.15) is 29.8 Å². The van der Waals surface area contributed by atoms with Crippen LogP contribution in [0.15, 0.2) is 73.1 Å². The minimum Gasteiger partial charge on any atom is -0.478 e. The zero-order valence-corrected chi connectivity index (χ0v) is 26.4. The monoisotopic (exact) mass is 651 g/mol. The lowest BCUT2D eigenvalue weighted by Crippen LogP contribution is -2.27. The maximum absolute atomic E-state index is 15.7. The lowest BCUT2D eigenvalue weighted by Gasteiger charge is -2.28. The van der Waals surface area contributed by atoms with Crippen molar-refractivity contribution in [3.05, 3.63) is 107 Å². The first-order valence-corrected chi connectivity index (χ1v) is 15.3. The molecule has 48 heavy (non-hydrogen) atoms. The summed E-state index contributed by atoms with van der Waals surface area (Å²) in [6.07, 6.45) is 3.42. The molecule has 0 spiro atoms. The lowest BCUT2D eigenvalue weighted by molar-refractivity contribution is 0.0697. The van der Waals surface area contributed by atoms with Crippen LogP contribution in [0.1, 0.15) is 47.2 Å². The SMILES string of the molecule is Cn1cc(-c2ccc(COc3cccc(-c4cc(F)c(Cc5nc6ccc(C(=O)O)cc6n5[C@@H]5COCC5(C)C)cc4F)n3)cn2)nn1. The van der Waals surface area contributed by atoms with Gasteiger partial charge in [0, 0.05) is 42.3 Å². The van der Waals surface area contributed by atoms with Gasteiger partial charge in [-0.1, -0.05) is 31.2 Å². The van der Waals surface area contributed by atoms with Crippen LogP contribution in [0.5, 0.6) is 5.88 Å². The van der Waals surface area contributed by atoms with Gasteiger partial charge in [-0.2, -0.15) is 0 Å². The average Bonchev–Trinajstić information content (AvgIpc) is 3.76. The van der Waals surface area contributed by atoms with Crippen molar-refractivity contribution in [2.24, 2.45) is 12.5 Å². The summed E-state index contributed by atoms with van der Waals surface area (Å²) in [5.74, 6) is -1.62. The van der Waals surface area contributed by atoms with E-state index in [0.717, 1.165) is 17.7 Å². The van der Waals surface area contributed by atoms with E-state index in [2.05, 4.69) is 34.1 Å². The fourth-order valence-electron chi connectivity index (χ4n) is 5.95. The number of aromatic carboxylic acids is 1. The molecule has 0 aliphatic carbocycles. The Kier molecular flexibility index (Phi) is 7.91. The number of aromatic nitrogens is 7. The van der Waals surface area contributed by atoms with Crippen molar-refractivity contribution in [2.75, 3.05) is 13.2 Å². The Hall–Kier alpha value is -5.56. The smallest absolute Gasteiger partial charge is 0.335 e. The largest absolute Gasteiger partial charge is 0.478 e. The number of ether oxygens (including phenoxy) is 2. The minimum atomic E-state index is -1.06. The second-order valence-corrected chi connectivity index (χ2v) is 12.5. The van der Waals surface area contributed by atoms with Crippen molar-refractivity contribution in [3.8, 4) is 28.5 Å². The van der Waals surface area contributed by atoms with Crippen molar-refractivity contribution in [1.29, 1.82) is 0 Å². The Morgan fingerprint density at radius 1 is 1.04 bits per heavy atom. The third-order valence-electron chi connectivity index (χ3n) is 8.53. The molecule has 0 amide bonds. The predicted molar refractivity (Wildman–Crippen MR) is 171 cm³/mol. The first-order valence-electron chi connectivity index (χ1n) is 15.3. The van der Waals surface area contributed by atoms with Crippen LogP contribution in [0, 0.1) is 17.0 Å². The van der Waals surface area contributed by atoms with Crippen LogP contribution in [0.4, 0.5) is 8.78 Å². The molecule has 1 aliphatic heterocycles. The van der Waals surface area contributed by atoms with Gasteiger partial charge in [0.05, 0.1) is 53.4 Å². The van der Waals surface area contributed by atoms with Gasteiger partial charge in [0.25, 0.3) is 0 Å². The highest BCUT2D eigenvalue weighted by Crippen LogP contribution is 2.40. The topological polar surface area (TPSA) is 130 Å². The molecule has 7 rings (SSSR count). The molecular weight excluding hydrogens is 620 g/mol. The van der Waals surface area contributed by atoms with Crippen LogP contribution in [0.25, 0.3) is 33.7 Å². The maximum Gasteiger partial charge on any atom is 0.335 e. The zero-order valence-electron chi connectivity index (χ0n) is 26.4. The third-order valence-corrected chi connectivity index (χ3v) is 8.53. The van der Waals surface area contributed by atoms with Crippen molar-refractivity contribution in [2.45, 2.75) is 32.9 Å². The molecule has 5 heterocycles. The van der Waals surface area contributed by atoms with Crippen LogP contribution >= 0.6 is 0 Å². The number of benzene rings is 2. The van der Waals surface area contributed by atoms with Gasteiger partial charge in [-0.05, 0) is 48.0 Å². The average molecular weight is 652 g/mol. The lowest BCUT2D eigenvalue weighted by atomic mass is 9.87. The molecule has 1 N–H and O–H groups in total. The Bertz CT molecular complexity index is 2160. The van der Waals surface area contributed by atoms with Crippen LogP contribution in [0.3, 0.4) is 0 Å². The molecule has 4 aromatic heterocycles. The minimum absolute atomic E-state index is 0.0124. The van der Waals surface area contributed by atoms with E-state index in [-0.39, 0.29) is 52.7 Å². The highest BCUT2D eigenvalue weighted by molar-refractivity contribution is 5.92. The molecule has 1 fully saturated rings. The number of halogens is 2. The van der Waals surface area contributed by atoms with E-state index < -0.39 is 17.6 Å². The second-order valence-electron chi connectivity index (χ2n) is 12.5. The Morgan fingerprint density at radius 2 is 1.90 bits per heavy atom. The summed E-state index contributed by atoms with van der Waals surface area (Å²) < 4.78 is 46.6. The molecule has 0 unspecified atom stereocenters. The highest BCUT2D eigenvalue weighted by Gasteiger charge is 2.39. The summed E-state index contributed by atoms with van der Waals surface area (Å²) in [6, 6.07) is 15.3. The molecule has 1 atom stereocenters. The number of aryl methyl sites for hydroxylation is 1. The number of hydrogen-bond donors (Lipinski definition) is 1. The maximum atomic E-state index is 15.7. The highest BCUT2D eigenvalue weighted by atomic mass is 19.1.